The van der Waals surface area contributed by atoms with Crippen molar-refractivity contribution in [1.29, 1.82) is 0 Å². The number of hydrazone groups is 1. The van der Waals surface area contributed by atoms with Gasteiger partial charge in [-0.2, -0.15) is 5.10 Å². The van der Waals surface area contributed by atoms with Crippen LogP contribution in [0.25, 0.3) is 0 Å². The van der Waals surface area contributed by atoms with Crippen LogP contribution in [0.4, 0.5) is 5.69 Å². The third kappa shape index (κ3) is 4.53. The third-order valence-corrected chi connectivity index (χ3v) is 5.09. The number of carbonyl (C=O) groups excluding carboxylic acids is 1. The van der Waals surface area contributed by atoms with Crippen LogP contribution in [0.3, 0.4) is 0 Å². The number of sulfone groups is 1. The number of nitrogens with zero attached hydrogens (tertiary/aromatic N) is 1. The Morgan fingerprint density at radius 3 is 2.50 bits per heavy atom. The SMILES string of the molecule is CCOC(=O)/C(=N/Nc1cc(Cl)ccc1OC)S(=O)(=O)c1ccccc1. The first-order valence-corrected chi connectivity index (χ1v) is 9.40. The van der Waals surface area contributed by atoms with E-state index < -0.39 is 20.9 Å². The van der Waals surface area contributed by atoms with Gasteiger partial charge in [0.05, 0.1) is 24.3 Å². The fourth-order valence-corrected chi connectivity index (χ4v) is 3.35. The average molecular weight is 397 g/mol. The molecule has 0 aliphatic carbocycles. The molecular formula is C17H17ClN2O5S. The van der Waals surface area contributed by atoms with Crippen molar-refractivity contribution in [2.75, 3.05) is 19.1 Å². The van der Waals surface area contributed by atoms with Gasteiger partial charge in [-0.15, -0.1) is 0 Å². The Hall–Kier alpha value is -2.58. The van der Waals surface area contributed by atoms with Crippen LogP contribution in [0, 0.1) is 0 Å². The van der Waals surface area contributed by atoms with Crippen LogP contribution in [-0.2, 0) is 19.4 Å². The summed E-state index contributed by atoms with van der Waals surface area (Å²) in [4.78, 5) is 12.1. The zero-order chi connectivity index (χ0) is 19.2. The molecule has 0 atom stereocenters. The highest BCUT2D eigenvalue weighted by Gasteiger charge is 2.30. The van der Waals surface area contributed by atoms with E-state index in [1.807, 2.05) is 0 Å². The second-order valence-corrected chi connectivity index (χ2v) is 7.21. The lowest BCUT2D eigenvalue weighted by molar-refractivity contribution is -0.134. The summed E-state index contributed by atoms with van der Waals surface area (Å²) in [5.74, 6) is -0.691. The summed E-state index contributed by atoms with van der Waals surface area (Å²) in [6.07, 6.45) is 0. The lowest BCUT2D eigenvalue weighted by atomic mass is 10.3. The van der Waals surface area contributed by atoms with Crippen molar-refractivity contribution in [3.8, 4) is 5.75 Å². The van der Waals surface area contributed by atoms with Crippen LogP contribution in [0.2, 0.25) is 5.02 Å². The molecule has 2 aromatic rings. The van der Waals surface area contributed by atoms with E-state index in [2.05, 4.69) is 10.5 Å². The molecule has 0 heterocycles. The molecule has 9 heteroatoms. The maximum Gasteiger partial charge on any atom is 0.371 e. The van der Waals surface area contributed by atoms with Crippen molar-refractivity contribution >= 4 is 38.1 Å². The lowest BCUT2D eigenvalue weighted by Gasteiger charge is -2.11. The van der Waals surface area contributed by atoms with E-state index in [4.69, 9.17) is 21.1 Å². The first kappa shape index (κ1) is 19.7. The average Bonchev–Trinajstić information content (AvgIpc) is 2.63. The molecule has 0 bridgehead atoms. The van der Waals surface area contributed by atoms with E-state index in [0.717, 1.165) is 0 Å². The number of nitrogens with one attached hydrogen (secondary N) is 1. The Labute approximate surface area is 156 Å². The van der Waals surface area contributed by atoms with Crippen molar-refractivity contribution < 1.29 is 22.7 Å². The molecular weight excluding hydrogens is 380 g/mol. The van der Waals surface area contributed by atoms with Crippen molar-refractivity contribution in [3.05, 3.63) is 53.6 Å². The second-order valence-electron chi connectivity index (χ2n) is 4.91. The minimum Gasteiger partial charge on any atom is -0.495 e. The minimum absolute atomic E-state index is 0.00263. The van der Waals surface area contributed by atoms with E-state index in [0.29, 0.717) is 16.5 Å². The minimum atomic E-state index is -4.18. The van der Waals surface area contributed by atoms with Crippen LogP contribution in [0.5, 0.6) is 5.75 Å². The van der Waals surface area contributed by atoms with Crippen LogP contribution in [0.15, 0.2) is 58.5 Å². The molecule has 0 aliphatic heterocycles. The van der Waals surface area contributed by atoms with Gasteiger partial charge in [-0.3, -0.25) is 5.43 Å². The Balaban J connectivity index is 2.48. The maximum atomic E-state index is 12.8. The fourth-order valence-electron chi connectivity index (χ4n) is 2.00. The molecule has 0 aromatic heterocycles. The zero-order valence-electron chi connectivity index (χ0n) is 14.1. The van der Waals surface area contributed by atoms with Crippen molar-refractivity contribution in [2.24, 2.45) is 5.10 Å². The normalized spacial score (nSPS) is 11.7. The summed E-state index contributed by atoms with van der Waals surface area (Å²) < 4.78 is 35.5. The first-order chi connectivity index (χ1) is 12.4. The first-order valence-electron chi connectivity index (χ1n) is 7.54. The number of esters is 1. The van der Waals surface area contributed by atoms with Gasteiger partial charge in [-0.05, 0) is 37.3 Å². The number of anilines is 1. The van der Waals surface area contributed by atoms with Crippen LogP contribution in [0.1, 0.15) is 6.92 Å². The van der Waals surface area contributed by atoms with Gasteiger partial charge >= 0.3 is 5.97 Å². The molecule has 0 saturated heterocycles. The number of ether oxygens (including phenoxy) is 2. The summed E-state index contributed by atoms with van der Waals surface area (Å²) in [7, 11) is -2.75. The quantitative estimate of drug-likeness (QED) is 0.361. The number of hydrogen-bond donors (Lipinski definition) is 1. The van der Waals surface area contributed by atoms with E-state index in [1.165, 1.54) is 25.3 Å². The molecule has 0 unspecified atom stereocenters. The van der Waals surface area contributed by atoms with E-state index in [1.54, 1.807) is 37.3 Å². The molecule has 26 heavy (non-hydrogen) atoms. The Morgan fingerprint density at radius 1 is 1.19 bits per heavy atom. The Bertz CT molecular complexity index is 914. The number of benzene rings is 2. The van der Waals surface area contributed by atoms with Crippen LogP contribution < -0.4 is 10.2 Å². The molecule has 7 nitrogen and oxygen atoms in total. The van der Waals surface area contributed by atoms with Gasteiger partial charge in [0.25, 0.3) is 5.04 Å². The van der Waals surface area contributed by atoms with Crippen LogP contribution >= 0.6 is 11.6 Å². The molecule has 1 N–H and O–H groups in total. The summed E-state index contributed by atoms with van der Waals surface area (Å²) >= 11 is 5.93. The summed E-state index contributed by atoms with van der Waals surface area (Å²) in [6.45, 7) is 1.57. The topological polar surface area (TPSA) is 94.1 Å². The van der Waals surface area contributed by atoms with E-state index >= 15 is 0 Å². The number of rotatable bonds is 5. The molecule has 2 aromatic carbocycles. The number of carbonyl (C=O) groups is 1. The largest absolute Gasteiger partial charge is 0.495 e. The third-order valence-electron chi connectivity index (χ3n) is 3.20. The predicted molar refractivity (Wildman–Crippen MR) is 99.3 cm³/mol. The Morgan fingerprint density at radius 2 is 1.88 bits per heavy atom. The second kappa shape index (κ2) is 8.68. The fraction of sp³-hybridized carbons (Fsp3) is 0.176. The summed E-state index contributed by atoms with van der Waals surface area (Å²) in [5, 5.41) is 3.39. The van der Waals surface area contributed by atoms with Gasteiger partial charge in [0.2, 0.25) is 9.84 Å². The van der Waals surface area contributed by atoms with Gasteiger partial charge in [0.1, 0.15) is 5.75 Å². The number of hydrogen-bond acceptors (Lipinski definition) is 7. The van der Waals surface area contributed by atoms with Gasteiger partial charge < -0.3 is 9.47 Å². The van der Waals surface area contributed by atoms with Crippen molar-refractivity contribution in [2.45, 2.75) is 11.8 Å². The molecule has 0 amide bonds. The van der Waals surface area contributed by atoms with Gasteiger partial charge in [0.15, 0.2) is 0 Å². The van der Waals surface area contributed by atoms with Crippen molar-refractivity contribution in [1.82, 2.24) is 0 Å². The standard InChI is InChI=1S/C17H17ClN2O5S/c1-3-25-17(21)16(26(22,23)13-7-5-4-6-8-13)20-19-14-11-12(18)9-10-15(14)24-2/h4-11,19H,3H2,1-2H3/b20-16-. The highest BCUT2D eigenvalue weighted by Crippen LogP contribution is 2.28. The maximum absolute atomic E-state index is 12.8. The molecule has 0 spiro atoms. The molecule has 0 radical (unpaired) electrons. The molecule has 138 valence electrons. The zero-order valence-corrected chi connectivity index (χ0v) is 15.7. The molecule has 0 aliphatic rings. The molecule has 0 saturated carbocycles. The Kier molecular flexibility index (Phi) is 6.59. The van der Waals surface area contributed by atoms with Crippen molar-refractivity contribution in [3.63, 3.8) is 0 Å². The highest BCUT2D eigenvalue weighted by atomic mass is 35.5. The van der Waals surface area contributed by atoms with Gasteiger partial charge in [-0.25, -0.2) is 13.2 Å². The van der Waals surface area contributed by atoms with Gasteiger partial charge in [0, 0.05) is 5.02 Å². The number of halogens is 1. The van der Waals surface area contributed by atoms with Gasteiger partial charge in [-0.1, -0.05) is 29.8 Å². The monoisotopic (exact) mass is 396 g/mol. The van der Waals surface area contributed by atoms with E-state index in [-0.39, 0.29) is 11.5 Å². The highest BCUT2D eigenvalue weighted by molar-refractivity contribution is 8.08. The predicted octanol–water partition coefficient (Wildman–Crippen LogP) is 3.11. The number of methoxy groups -OCH3 is 1. The molecule has 0 fully saturated rings. The van der Waals surface area contributed by atoms with Crippen LogP contribution in [-0.4, -0.2) is 33.1 Å². The smallest absolute Gasteiger partial charge is 0.371 e. The summed E-state index contributed by atoms with van der Waals surface area (Å²) in [5.41, 5.74) is 2.82. The lowest BCUT2D eigenvalue weighted by Crippen LogP contribution is -2.28. The molecule has 2 rings (SSSR count). The van der Waals surface area contributed by atoms with E-state index in [9.17, 15) is 13.2 Å². The summed E-state index contributed by atoms with van der Waals surface area (Å²) in [6, 6.07) is 12.1.